The molecule has 0 aliphatic rings. The maximum Gasteiger partial charge on any atom is 0.420 e. The van der Waals surface area contributed by atoms with Crippen LogP contribution in [0.5, 0.6) is 0 Å². The van der Waals surface area contributed by atoms with Crippen molar-refractivity contribution in [1.82, 2.24) is 0 Å². The lowest BCUT2D eigenvalue weighted by Gasteiger charge is -1.90. The van der Waals surface area contributed by atoms with E-state index in [0.29, 0.717) is 6.26 Å². The van der Waals surface area contributed by atoms with E-state index in [-0.39, 0.29) is 21.2 Å². The highest BCUT2D eigenvalue weighted by molar-refractivity contribution is 7.84. The van der Waals surface area contributed by atoms with Crippen LogP contribution in [0.1, 0.15) is 5.56 Å². The van der Waals surface area contributed by atoms with E-state index in [2.05, 4.69) is 34.1 Å². The molecule has 2 aromatic rings. The number of benzene rings is 2. The largest absolute Gasteiger partial charge is 0.748 e. The van der Waals surface area contributed by atoms with Crippen molar-refractivity contribution in [1.29, 1.82) is 0 Å². The molecule has 0 unspecified atom stereocenters. The summed E-state index contributed by atoms with van der Waals surface area (Å²) in [6.45, 7) is 0. The van der Waals surface area contributed by atoms with Gasteiger partial charge in [-0.15, -0.1) is 0 Å². The normalized spacial score (nSPS) is 9.70. The average molecular weight is 400 g/mol. The summed E-state index contributed by atoms with van der Waals surface area (Å²) in [6, 6.07) is 20.6. The van der Waals surface area contributed by atoms with Crippen molar-refractivity contribution in [3.8, 4) is 9.85 Å². The van der Waals surface area contributed by atoms with Crippen molar-refractivity contribution >= 4 is 10.1 Å². The maximum atomic E-state index is 9.08. The zero-order valence-corrected chi connectivity index (χ0v) is 13.8. The number of hydrogen-bond acceptors (Lipinski definition) is 3. The predicted molar refractivity (Wildman–Crippen MR) is 74.1 cm³/mol. The minimum absolute atomic E-state index is 0.160. The van der Waals surface area contributed by atoms with E-state index in [1.54, 1.807) is 0 Å². The second-order valence-corrected chi connectivity index (χ2v) is 7.41. The van der Waals surface area contributed by atoms with E-state index in [0.717, 1.165) is 5.56 Å². The van der Waals surface area contributed by atoms with Gasteiger partial charge in [0.1, 0.15) is 0 Å². The van der Waals surface area contributed by atoms with Crippen molar-refractivity contribution < 1.29 is 34.2 Å². The van der Waals surface area contributed by atoms with Gasteiger partial charge in [-0.25, -0.2) is 8.42 Å². The molecule has 0 radical (unpaired) electrons. The molecule has 5 heteroatoms. The standard InChI is InChI=1S/C14H10I.CH4O3S/c1-3-7-13(8-4-1)11-12-15-14-9-5-2-6-10-14;1-5(2,3)4/h1-10H;1H3,(H,2,3,4)/q+1;/p-1. The summed E-state index contributed by atoms with van der Waals surface area (Å²) in [5.41, 5.74) is 1.10. The Morgan fingerprint density at radius 3 is 1.90 bits per heavy atom. The fourth-order valence-electron chi connectivity index (χ4n) is 1.13. The van der Waals surface area contributed by atoms with Crippen LogP contribution in [0.15, 0.2) is 60.7 Å². The molecule has 0 heterocycles. The SMILES string of the molecule is C(#Cc1ccccc1)[I+]c1ccccc1.CS(=O)(=O)[O-]. The predicted octanol–water partition coefficient (Wildman–Crippen LogP) is -0.884. The van der Waals surface area contributed by atoms with Crippen LogP contribution in [0, 0.1) is 13.4 Å². The van der Waals surface area contributed by atoms with E-state index >= 15 is 0 Å². The van der Waals surface area contributed by atoms with E-state index in [9.17, 15) is 0 Å². The molecule has 3 nitrogen and oxygen atoms in total. The highest BCUT2D eigenvalue weighted by atomic mass is 127. The Hall–Kier alpha value is -1.36. The van der Waals surface area contributed by atoms with Crippen LogP contribution >= 0.6 is 0 Å². The van der Waals surface area contributed by atoms with Crippen LogP contribution < -0.4 is 21.2 Å². The molecule has 2 aromatic carbocycles. The van der Waals surface area contributed by atoms with Gasteiger partial charge >= 0.3 is 21.2 Å². The zero-order valence-electron chi connectivity index (χ0n) is 10.8. The third-order valence-corrected chi connectivity index (χ3v) is 3.74. The molecule has 0 atom stereocenters. The van der Waals surface area contributed by atoms with Crippen LogP contribution in [0.25, 0.3) is 0 Å². The molecule has 0 bridgehead atoms. The van der Waals surface area contributed by atoms with Gasteiger partial charge in [0.2, 0.25) is 3.57 Å². The van der Waals surface area contributed by atoms with Crippen molar-refractivity contribution in [3.63, 3.8) is 0 Å². The summed E-state index contributed by atoms with van der Waals surface area (Å²) in [6.07, 6.45) is 0.604. The maximum absolute atomic E-state index is 9.08. The van der Waals surface area contributed by atoms with Gasteiger partial charge in [-0.1, -0.05) is 36.4 Å². The van der Waals surface area contributed by atoms with E-state index in [1.807, 2.05) is 36.4 Å². The Balaban J connectivity index is 0.000000347. The highest BCUT2D eigenvalue weighted by Crippen LogP contribution is 1.93. The Morgan fingerprint density at radius 1 is 0.950 bits per heavy atom. The van der Waals surface area contributed by atoms with Gasteiger partial charge in [-0.2, -0.15) is 0 Å². The first-order chi connectivity index (χ1) is 9.45. The van der Waals surface area contributed by atoms with Crippen LogP contribution in [-0.4, -0.2) is 19.2 Å². The minimum Gasteiger partial charge on any atom is -0.748 e. The van der Waals surface area contributed by atoms with Gasteiger partial charge in [-0.3, -0.25) is 0 Å². The van der Waals surface area contributed by atoms with Crippen molar-refractivity contribution in [2.75, 3.05) is 6.26 Å². The topological polar surface area (TPSA) is 57.2 Å². The first-order valence-corrected chi connectivity index (χ1v) is 9.58. The summed E-state index contributed by atoms with van der Waals surface area (Å²) in [5, 5.41) is 0. The van der Waals surface area contributed by atoms with Gasteiger partial charge in [0.05, 0.1) is 10.1 Å². The molecule has 0 saturated carbocycles. The van der Waals surface area contributed by atoms with Gasteiger partial charge in [0.25, 0.3) is 0 Å². The van der Waals surface area contributed by atoms with Gasteiger partial charge in [0, 0.05) is 11.8 Å². The molecular weight excluding hydrogens is 387 g/mol. The Labute approximate surface area is 130 Å². The molecule has 0 spiro atoms. The smallest absolute Gasteiger partial charge is 0.420 e. The van der Waals surface area contributed by atoms with Crippen molar-refractivity contribution in [3.05, 3.63) is 69.8 Å². The third-order valence-electron chi connectivity index (χ3n) is 1.85. The Morgan fingerprint density at radius 2 is 1.40 bits per heavy atom. The zero-order chi connectivity index (χ0) is 14.8. The van der Waals surface area contributed by atoms with Crippen molar-refractivity contribution in [2.45, 2.75) is 0 Å². The first-order valence-electron chi connectivity index (χ1n) is 5.61. The molecule has 0 aliphatic heterocycles. The summed E-state index contributed by atoms with van der Waals surface area (Å²) < 4.78 is 31.9. The monoisotopic (exact) mass is 400 g/mol. The molecule has 0 saturated heterocycles. The highest BCUT2D eigenvalue weighted by Gasteiger charge is 2.05. The van der Waals surface area contributed by atoms with Crippen LogP contribution in [-0.2, 0) is 10.1 Å². The lowest BCUT2D eigenvalue weighted by Crippen LogP contribution is -3.59. The van der Waals surface area contributed by atoms with E-state index in [4.69, 9.17) is 13.0 Å². The lowest BCUT2D eigenvalue weighted by atomic mass is 10.2. The Kier molecular flexibility index (Phi) is 7.30. The summed E-state index contributed by atoms with van der Waals surface area (Å²) in [5.74, 6) is 3.19. The summed E-state index contributed by atoms with van der Waals surface area (Å²) in [7, 11) is -3.92. The van der Waals surface area contributed by atoms with E-state index in [1.165, 1.54) is 3.57 Å². The molecule has 2 rings (SSSR count). The fraction of sp³-hybridized carbons (Fsp3) is 0.0667. The first kappa shape index (κ1) is 16.7. The van der Waals surface area contributed by atoms with Gasteiger partial charge < -0.3 is 4.55 Å². The van der Waals surface area contributed by atoms with Gasteiger partial charge in [-0.05, 0) is 30.2 Å². The van der Waals surface area contributed by atoms with Crippen LogP contribution in [0.2, 0.25) is 0 Å². The number of halogens is 1. The molecule has 0 N–H and O–H groups in total. The average Bonchev–Trinajstić information content (AvgIpc) is 2.39. The lowest BCUT2D eigenvalue weighted by molar-refractivity contribution is -0.535. The molecular formula is C15H13IO3S. The number of hydrogen-bond donors (Lipinski definition) is 0. The third kappa shape index (κ3) is 9.55. The quantitative estimate of drug-likeness (QED) is 0.355. The Bertz CT molecular complexity index is 663. The molecule has 20 heavy (non-hydrogen) atoms. The van der Waals surface area contributed by atoms with Crippen LogP contribution in [0.4, 0.5) is 0 Å². The van der Waals surface area contributed by atoms with Crippen molar-refractivity contribution in [2.24, 2.45) is 0 Å². The second-order valence-electron chi connectivity index (χ2n) is 3.68. The van der Waals surface area contributed by atoms with E-state index < -0.39 is 10.1 Å². The molecule has 0 fully saturated rings. The molecule has 0 amide bonds. The minimum atomic E-state index is -3.92. The fourth-order valence-corrected chi connectivity index (χ4v) is 2.66. The number of rotatable bonds is 1. The summed E-state index contributed by atoms with van der Waals surface area (Å²) in [4.78, 5) is 0. The molecule has 0 aromatic heterocycles. The molecule has 104 valence electrons. The second kappa shape index (κ2) is 8.74. The summed E-state index contributed by atoms with van der Waals surface area (Å²) >= 11 is -0.160. The van der Waals surface area contributed by atoms with Crippen LogP contribution in [0.3, 0.4) is 0 Å². The molecule has 0 aliphatic carbocycles. The van der Waals surface area contributed by atoms with Gasteiger partial charge in [0.15, 0.2) is 3.93 Å².